The minimum Gasteiger partial charge on any atom is -0.329 e. The van der Waals surface area contributed by atoms with Gasteiger partial charge in [-0.15, -0.1) is 0 Å². The largest absolute Gasteiger partial charge is 0.329 e. The zero-order chi connectivity index (χ0) is 13.4. The van der Waals surface area contributed by atoms with Crippen LogP contribution in [0, 0.1) is 20.8 Å². The second kappa shape index (κ2) is 4.75. The van der Waals surface area contributed by atoms with Crippen LogP contribution in [0.5, 0.6) is 0 Å². The number of imidazole rings is 1. The van der Waals surface area contributed by atoms with Crippen LogP contribution in [0.2, 0.25) is 5.15 Å². The molecule has 2 N–H and O–H groups in total. The highest BCUT2D eigenvalue weighted by molar-refractivity contribution is 6.32. The molecule has 0 saturated heterocycles. The van der Waals surface area contributed by atoms with E-state index in [0.29, 0.717) is 11.7 Å². The van der Waals surface area contributed by atoms with E-state index in [0.717, 1.165) is 17.1 Å². The highest BCUT2D eigenvalue weighted by Crippen LogP contribution is 2.33. The van der Waals surface area contributed by atoms with Crippen LogP contribution in [-0.2, 0) is 13.6 Å². The van der Waals surface area contributed by atoms with Crippen LogP contribution < -0.4 is 5.73 Å². The second-order valence-electron chi connectivity index (χ2n) is 4.70. The Morgan fingerprint density at radius 3 is 2.22 bits per heavy atom. The molecule has 0 amide bonds. The number of nitrogens with zero attached hydrogens (tertiary/aromatic N) is 2. The molecule has 0 saturated carbocycles. The first-order valence-corrected chi connectivity index (χ1v) is 6.33. The molecule has 0 fully saturated rings. The van der Waals surface area contributed by atoms with Gasteiger partial charge < -0.3 is 10.3 Å². The molecule has 0 aliphatic heterocycles. The third kappa shape index (κ3) is 2.04. The van der Waals surface area contributed by atoms with Gasteiger partial charge in [-0.2, -0.15) is 0 Å². The Kier molecular flexibility index (Phi) is 3.46. The number of aromatic nitrogens is 2. The van der Waals surface area contributed by atoms with E-state index in [9.17, 15) is 0 Å². The van der Waals surface area contributed by atoms with Crippen LogP contribution in [0.4, 0.5) is 0 Å². The normalized spacial score (nSPS) is 11.0. The van der Waals surface area contributed by atoms with Crippen molar-refractivity contribution in [3.8, 4) is 11.3 Å². The van der Waals surface area contributed by atoms with Gasteiger partial charge in [-0.05, 0) is 31.9 Å². The van der Waals surface area contributed by atoms with E-state index in [1.54, 1.807) is 0 Å². The quantitative estimate of drug-likeness (QED) is 0.905. The molecular formula is C14H18ClN3. The van der Waals surface area contributed by atoms with Gasteiger partial charge >= 0.3 is 0 Å². The van der Waals surface area contributed by atoms with Gasteiger partial charge in [-0.1, -0.05) is 29.3 Å². The van der Waals surface area contributed by atoms with Gasteiger partial charge in [0.1, 0.15) is 5.82 Å². The zero-order valence-electron chi connectivity index (χ0n) is 11.2. The Hall–Kier alpha value is -1.32. The van der Waals surface area contributed by atoms with E-state index in [1.165, 1.54) is 16.7 Å². The van der Waals surface area contributed by atoms with Crippen molar-refractivity contribution in [1.82, 2.24) is 9.55 Å². The van der Waals surface area contributed by atoms with E-state index in [1.807, 2.05) is 11.6 Å². The van der Waals surface area contributed by atoms with Gasteiger partial charge in [0, 0.05) is 12.6 Å². The number of halogens is 1. The molecule has 0 aliphatic carbocycles. The van der Waals surface area contributed by atoms with Gasteiger partial charge in [-0.3, -0.25) is 0 Å². The molecule has 0 unspecified atom stereocenters. The molecule has 1 heterocycles. The standard InChI is InChI=1S/C14H18ClN3/c1-8-5-9(2)12(10(3)6-8)13-14(15)17-11(7-16)18(13)4/h5-6H,7,16H2,1-4H3. The third-order valence-corrected chi connectivity index (χ3v) is 3.51. The van der Waals surface area contributed by atoms with Crippen LogP contribution in [0.3, 0.4) is 0 Å². The summed E-state index contributed by atoms with van der Waals surface area (Å²) in [7, 11) is 1.95. The minimum atomic E-state index is 0.389. The number of hydrogen-bond donors (Lipinski definition) is 1. The second-order valence-corrected chi connectivity index (χ2v) is 5.06. The van der Waals surface area contributed by atoms with Crippen molar-refractivity contribution in [2.75, 3.05) is 0 Å². The van der Waals surface area contributed by atoms with Crippen molar-refractivity contribution in [3.05, 3.63) is 39.8 Å². The lowest BCUT2D eigenvalue weighted by Gasteiger charge is -2.13. The lowest BCUT2D eigenvalue weighted by atomic mass is 9.97. The first-order chi connectivity index (χ1) is 8.45. The summed E-state index contributed by atoms with van der Waals surface area (Å²) >= 11 is 6.26. The fourth-order valence-corrected chi connectivity index (χ4v) is 2.83. The molecule has 18 heavy (non-hydrogen) atoms. The zero-order valence-corrected chi connectivity index (χ0v) is 12.0. The van der Waals surface area contributed by atoms with Gasteiger partial charge in [0.05, 0.1) is 12.2 Å². The first kappa shape index (κ1) is 13.1. The van der Waals surface area contributed by atoms with Crippen molar-refractivity contribution < 1.29 is 0 Å². The maximum absolute atomic E-state index is 6.26. The Bertz CT molecular complexity index is 576. The molecule has 0 spiro atoms. The lowest BCUT2D eigenvalue weighted by molar-refractivity contribution is 0.798. The SMILES string of the molecule is Cc1cc(C)c(-c2c(Cl)nc(CN)n2C)c(C)c1. The lowest BCUT2D eigenvalue weighted by Crippen LogP contribution is -2.06. The molecule has 0 bridgehead atoms. The summed E-state index contributed by atoms with van der Waals surface area (Å²) in [5, 5.41) is 0.521. The van der Waals surface area contributed by atoms with Crippen LogP contribution in [0.15, 0.2) is 12.1 Å². The minimum absolute atomic E-state index is 0.389. The van der Waals surface area contributed by atoms with Gasteiger partial charge in [0.2, 0.25) is 0 Å². The first-order valence-electron chi connectivity index (χ1n) is 5.95. The summed E-state index contributed by atoms with van der Waals surface area (Å²) in [5.74, 6) is 0.800. The topological polar surface area (TPSA) is 43.8 Å². The van der Waals surface area contributed by atoms with Gasteiger partial charge in [0.25, 0.3) is 0 Å². The number of hydrogen-bond acceptors (Lipinski definition) is 2. The average Bonchev–Trinajstić information content (AvgIpc) is 2.55. The molecule has 3 nitrogen and oxygen atoms in total. The van der Waals surface area contributed by atoms with Crippen molar-refractivity contribution in [2.45, 2.75) is 27.3 Å². The third-order valence-electron chi connectivity index (χ3n) is 3.24. The summed E-state index contributed by atoms with van der Waals surface area (Å²) in [6.45, 7) is 6.68. The van der Waals surface area contributed by atoms with Crippen LogP contribution >= 0.6 is 11.6 Å². The highest BCUT2D eigenvalue weighted by Gasteiger charge is 2.17. The fourth-order valence-electron chi connectivity index (χ4n) is 2.52. The van der Waals surface area contributed by atoms with Crippen molar-refractivity contribution in [1.29, 1.82) is 0 Å². The Balaban J connectivity index is 2.73. The molecule has 0 aliphatic rings. The molecular weight excluding hydrogens is 246 g/mol. The van der Waals surface area contributed by atoms with E-state index in [-0.39, 0.29) is 0 Å². The summed E-state index contributed by atoms with van der Waals surface area (Å²) in [6, 6.07) is 4.32. The number of aryl methyl sites for hydroxylation is 3. The van der Waals surface area contributed by atoms with E-state index in [4.69, 9.17) is 17.3 Å². The van der Waals surface area contributed by atoms with Crippen molar-refractivity contribution in [3.63, 3.8) is 0 Å². The summed E-state index contributed by atoms with van der Waals surface area (Å²) in [4.78, 5) is 4.31. The molecule has 1 aromatic heterocycles. The predicted octanol–water partition coefficient (Wildman–Crippen LogP) is 3.12. The van der Waals surface area contributed by atoms with E-state index < -0.39 is 0 Å². The van der Waals surface area contributed by atoms with Gasteiger partial charge in [0.15, 0.2) is 5.15 Å². The number of nitrogens with two attached hydrogens (primary N) is 1. The number of rotatable bonds is 2. The Morgan fingerprint density at radius 1 is 1.22 bits per heavy atom. The maximum atomic E-state index is 6.26. The molecule has 2 rings (SSSR count). The Morgan fingerprint density at radius 2 is 1.78 bits per heavy atom. The summed E-state index contributed by atoms with van der Waals surface area (Å²) in [6.07, 6.45) is 0. The highest BCUT2D eigenvalue weighted by atomic mass is 35.5. The molecule has 0 atom stereocenters. The maximum Gasteiger partial charge on any atom is 0.155 e. The van der Waals surface area contributed by atoms with E-state index >= 15 is 0 Å². The van der Waals surface area contributed by atoms with E-state index in [2.05, 4.69) is 37.9 Å². The van der Waals surface area contributed by atoms with Crippen LogP contribution in [0.25, 0.3) is 11.3 Å². The summed E-state index contributed by atoms with van der Waals surface area (Å²) < 4.78 is 1.98. The van der Waals surface area contributed by atoms with Crippen LogP contribution in [0.1, 0.15) is 22.5 Å². The number of benzene rings is 1. The van der Waals surface area contributed by atoms with Gasteiger partial charge in [-0.25, -0.2) is 4.98 Å². The molecule has 0 radical (unpaired) electrons. The van der Waals surface area contributed by atoms with Crippen LogP contribution in [-0.4, -0.2) is 9.55 Å². The average molecular weight is 264 g/mol. The fraction of sp³-hybridized carbons (Fsp3) is 0.357. The van der Waals surface area contributed by atoms with Crippen molar-refractivity contribution in [2.24, 2.45) is 12.8 Å². The molecule has 96 valence electrons. The monoisotopic (exact) mass is 263 g/mol. The Labute approximate surface area is 113 Å². The smallest absolute Gasteiger partial charge is 0.155 e. The van der Waals surface area contributed by atoms with Crippen molar-refractivity contribution >= 4 is 11.6 Å². The molecule has 2 aromatic rings. The summed E-state index contributed by atoms with van der Waals surface area (Å²) in [5.41, 5.74) is 11.4. The molecule has 4 heteroatoms. The molecule has 1 aromatic carbocycles. The predicted molar refractivity (Wildman–Crippen MR) is 75.8 cm³/mol.